The molecule has 3 unspecified atom stereocenters. The molecule has 6 heteroatoms. The van der Waals surface area contributed by atoms with E-state index in [0.29, 0.717) is 24.5 Å². The first-order valence-electron chi connectivity index (χ1n) is 9.60. The highest BCUT2D eigenvalue weighted by atomic mass is 35.5. The number of hydrogen-bond donors (Lipinski definition) is 2. The number of rotatable bonds is 4. The van der Waals surface area contributed by atoms with Gasteiger partial charge in [-0.25, -0.2) is 0 Å². The zero-order valence-electron chi connectivity index (χ0n) is 15.1. The average Bonchev–Trinajstić information content (AvgIpc) is 3.09. The fourth-order valence-corrected chi connectivity index (χ4v) is 4.66. The SMILES string of the molecule is Cl.NC1C2CCCC1CC(C(=O)Nc1ccc(OC3CCOC3)cc1)C2. The van der Waals surface area contributed by atoms with Crippen molar-refractivity contribution in [3.05, 3.63) is 24.3 Å². The van der Waals surface area contributed by atoms with Crippen molar-refractivity contribution < 1.29 is 14.3 Å². The van der Waals surface area contributed by atoms with Crippen molar-refractivity contribution in [3.63, 3.8) is 0 Å². The molecule has 1 aromatic rings. The summed E-state index contributed by atoms with van der Waals surface area (Å²) in [7, 11) is 0. The van der Waals surface area contributed by atoms with Crippen LogP contribution in [0, 0.1) is 17.8 Å². The third kappa shape index (κ3) is 4.33. The lowest BCUT2D eigenvalue weighted by atomic mass is 9.65. The Morgan fingerprint density at radius 2 is 1.81 bits per heavy atom. The fraction of sp³-hybridized carbons (Fsp3) is 0.650. The Balaban J connectivity index is 0.00000196. The van der Waals surface area contributed by atoms with Gasteiger partial charge in [0.2, 0.25) is 5.91 Å². The minimum atomic E-state index is 0. The average molecular weight is 381 g/mol. The molecule has 3 fully saturated rings. The van der Waals surface area contributed by atoms with Crippen LogP contribution < -0.4 is 15.8 Å². The third-order valence-corrected chi connectivity index (χ3v) is 6.10. The number of benzene rings is 1. The van der Waals surface area contributed by atoms with Gasteiger partial charge >= 0.3 is 0 Å². The number of carbonyl (C=O) groups excluding carboxylic acids is 1. The standard InChI is InChI=1S/C20H28N2O3.ClH/c21-19-13-2-1-3-14(19)11-15(10-13)20(23)22-16-4-6-17(7-5-16)25-18-8-9-24-12-18;/h4-7,13-15,18-19H,1-3,8-12,21H2,(H,22,23);1H. The van der Waals surface area contributed by atoms with Gasteiger partial charge in [-0.15, -0.1) is 12.4 Å². The first-order valence-corrected chi connectivity index (χ1v) is 9.60. The van der Waals surface area contributed by atoms with Crippen LogP contribution in [0.5, 0.6) is 5.75 Å². The van der Waals surface area contributed by atoms with Gasteiger partial charge in [-0.05, 0) is 61.8 Å². The molecule has 3 aliphatic rings. The molecular formula is C20H29ClN2O3. The number of fused-ring (bicyclic) bond motifs is 2. The maximum absolute atomic E-state index is 12.7. The molecule has 1 heterocycles. The van der Waals surface area contributed by atoms with Gasteiger partial charge in [-0.2, -0.15) is 0 Å². The molecule has 144 valence electrons. The van der Waals surface area contributed by atoms with Crippen molar-refractivity contribution in [2.75, 3.05) is 18.5 Å². The zero-order chi connectivity index (χ0) is 17.2. The quantitative estimate of drug-likeness (QED) is 0.839. The highest BCUT2D eigenvalue weighted by molar-refractivity contribution is 5.92. The highest BCUT2D eigenvalue weighted by Gasteiger charge is 2.40. The molecule has 2 aliphatic carbocycles. The smallest absolute Gasteiger partial charge is 0.227 e. The van der Waals surface area contributed by atoms with Crippen LogP contribution in [0.1, 0.15) is 38.5 Å². The monoisotopic (exact) mass is 380 g/mol. The zero-order valence-corrected chi connectivity index (χ0v) is 15.9. The Hall–Kier alpha value is -1.30. The number of amides is 1. The Morgan fingerprint density at radius 3 is 2.42 bits per heavy atom. The Labute approximate surface area is 161 Å². The summed E-state index contributed by atoms with van der Waals surface area (Å²) < 4.78 is 11.2. The summed E-state index contributed by atoms with van der Waals surface area (Å²) in [5.74, 6) is 2.11. The highest BCUT2D eigenvalue weighted by Crippen LogP contribution is 2.42. The second-order valence-corrected chi connectivity index (χ2v) is 7.81. The van der Waals surface area contributed by atoms with E-state index in [-0.39, 0.29) is 30.3 Å². The van der Waals surface area contributed by atoms with Crippen LogP contribution in [0.2, 0.25) is 0 Å². The summed E-state index contributed by atoms with van der Waals surface area (Å²) in [4.78, 5) is 12.7. The van der Waals surface area contributed by atoms with E-state index in [1.165, 1.54) is 19.3 Å². The summed E-state index contributed by atoms with van der Waals surface area (Å²) >= 11 is 0. The van der Waals surface area contributed by atoms with Crippen molar-refractivity contribution in [3.8, 4) is 5.75 Å². The predicted molar refractivity (Wildman–Crippen MR) is 104 cm³/mol. The molecule has 26 heavy (non-hydrogen) atoms. The van der Waals surface area contributed by atoms with E-state index in [2.05, 4.69) is 5.32 Å². The van der Waals surface area contributed by atoms with Crippen LogP contribution in [0.4, 0.5) is 5.69 Å². The molecule has 2 bridgehead atoms. The van der Waals surface area contributed by atoms with Crippen LogP contribution in [-0.2, 0) is 9.53 Å². The van der Waals surface area contributed by atoms with Gasteiger partial charge < -0.3 is 20.5 Å². The molecule has 0 spiro atoms. The van der Waals surface area contributed by atoms with Crippen molar-refractivity contribution >= 4 is 24.0 Å². The van der Waals surface area contributed by atoms with E-state index in [1.54, 1.807) is 0 Å². The Kier molecular flexibility index (Phi) is 6.43. The van der Waals surface area contributed by atoms with Gasteiger partial charge in [0, 0.05) is 24.1 Å². The minimum Gasteiger partial charge on any atom is -0.488 e. The summed E-state index contributed by atoms with van der Waals surface area (Å²) in [5.41, 5.74) is 7.16. The molecule has 0 radical (unpaired) electrons. The van der Waals surface area contributed by atoms with E-state index in [9.17, 15) is 4.79 Å². The third-order valence-electron chi connectivity index (χ3n) is 6.10. The lowest BCUT2D eigenvalue weighted by molar-refractivity contribution is -0.122. The largest absolute Gasteiger partial charge is 0.488 e. The Bertz CT molecular complexity index is 590. The van der Waals surface area contributed by atoms with Crippen LogP contribution in [0.25, 0.3) is 0 Å². The number of carbonyl (C=O) groups is 1. The van der Waals surface area contributed by atoms with Crippen molar-refractivity contribution in [1.82, 2.24) is 0 Å². The molecular weight excluding hydrogens is 352 g/mol. The summed E-state index contributed by atoms with van der Waals surface area (Å²) in [6.07, 6.45) is 6.58. The summed E-state index contributed by atoms with van der Waals surface area (Å²) in [6.45, 7) is 1.43. The summed E-state index contributed by atoms with van der Waals surface area (Å²) in [6, 6.07) is 7.96. The van der Waals surface area contributed by atoms with E-state index in [0.717, 1.165) is 37.3 Å². The number of nitrogens with one attached hydrogen (secondary N) is 1. The molecule has 5 nitrogen and oxygen atoms in total. The molecule has 1 aromatic carbocycles. The lowest BCUT2D eigenvalue weighted by Crippen LogP contribution is -2.48. The number of anilines is 1. The van der Waals surface area contributed by atoms with Gasteiger partial charge in [0.05, 0.1) is 13.2 Å². The topological polar surface area (TPSA) is 73.6 Å². The first kappa shape index (κ1) is 19.5. The fourth-order valence-electron chi connectivity index (χ4n) is 4.66. The molecule has 1 amide bonds. The van der Waals surface area contributed by atoms with Crippen LogP contribution >= 0.6 is 12.4 Å². The normalized spacial score (nSPS) is 33.2. The number of nitrogens with two attached hydrogens (primary N) is 1. The molecule has 3 N–H and O–H groups in total. The van der Waals surface area contributed by atoms with E-state index >= 15 is 0 Å². The van der Waals surface area contributed by atoms with Crippen molar-refractivity contribution in [2.24, 2.45) is 23.5 Å². The van der Waals surface area contributed by atoms with Crippen molar-refractivity contribution in [2.45, 2.75) is 50.7 Å². The minimum absolute atomic E-state index is 0. The summed E-state index contributed by atoms with van der Waals surface area (Å²) in [5, 5.41) is 3.08. The van der Waals surface area contributed by atoms with Crippen molar-refractivity contribution in [1.29, 1.82) is 0 Å². The van der Waals surface area contributed by atoms with Gasteiger partial charge in [-0.1, -0.05) is 6.42 Å². The second kappa shape index (κ2) is 8.59. The first-order chi connectivity index (χ1) is 12.2. The van der Waals surface area contributed by atoms with Gasteiger partial charge in [-0.3, -0.25) is 4.79 Å². The van der Waals surface area contributed by atoms with Crippen LogP contribution in [0.15, 0.2) is 24.3 Å². The van der Waals surface area contributed by atoms with E-state index in [4.69, 9.17) is 15.2 Å². The number of hydrogen-bond acceptors (Lipinski definition) is 4. The predicted octanol–water partition coefficient (Wildman–Crippen LogP) is 3.37. The maximum atomic E-state index is 12.7. The van der Waals surface area contributed by atoms with Crippen LogP contribution in [0.3, 0.4) is 0 Å². The van der Waals surface area contributed by atoms with Gasteiger partial charge in [0.15, 0.2) is 0 Å². The molecule has 1 saturated heterocycles. The maximum Gasteiger partial charge on any atom is 0.227 e. The number of ether oxygens (including phenoxy) is 2. The Morgan fingerprint density at radius 1 is 1.12 bits per heavy atom. The molecule has 1 aliphatic heterocycles. The molecule has 2 saturated carbocycles. The van der Waals surface area contributed by atoms with Gasteiger partial charge in [0.25, 0.3) is 0 Å². The van der Waals surface area contributed by atoms with E-state index in [1.807, 2.05) is 24.3 Å². The lowest BCUT2D eigenvalue weighted by Gasteiger charge is -2.43. The van der Waals surface area contributed by atoms with Crippen LogP contribution in [-0.4, -0.2) is 31.3 Å². The molecule has 3 atom stereocenters. The second-order valence-electron chi connectivity index (χ2n) is 7.81. The molecule has 0 aromatic heterocycles. The molecule has 4 rings (SSSR count). The van der Waals surface area contributed by atoms with Gasteiger partial charge in [0.1, 0.15) is 11.9 Å². The van der Waals surface area contributed by atoms with E-state index < -0.39 is 0 Å². The number of halogens is 1.